The lowest BCUT2D eigenvalue weighted by atomic mass is 10.2. The number of aliphatic hydroxyl groups excluding tert-OH is 1. The lowest BCUT2D eigenvalue weighted by molar-refractivity contribution is 0.211. The van der Waals surface area contributed by atoms with Gasteiger partial charge in [-0.1, -0.05) is 0 Å². The summed E-state index contributed by atoms with van der Waals surface area (Å²) in [5.41, 5.74) is 4.97. The van der Waals surface area contributed by atoms with Gasteiger partial charge in [0.2, 0.25) is 0 Å². The second-order valence-corrected chi connectivity index (χ2v) is 6.15. The molecule has 7 heteroatoms. The van der Waals surface area contributed by atoms with Crippen LogP contribution in [0.5, 0.6) is 0 Å². The molecule has 2 heterocycles. The van der Waals surface area contributed by atoms with E-state index in [0.29, 0.717) is 6.54 Å². The van der Waals surface area contributed by atoms with Crippen LogP contribution >= 0.6 is 11.6 Å². The van der Waals surface area contributed by atoms with Crippen LogP contribution in [0.4, 0.5) is 5.69 Å². The van der Waals surface area contributed by atoms with Crippen LogP contribution in [-0.4, -0.2) is 43.2 Å². The first-order valence-electron chi connectivity index (χ1n) is 8.29. The topological polar surface area (TPSA) is 67.9 Å². The Morgan fingerprint density at radius 1 is 1.24 bits per heavy atom. The van der Waals surface area contributed by atoms with Gasteiger partial charge in [0.25, 0.3) is 0 Å². The molecule has 0 saturated heterocycles. The molecule has 0 fully saturated rings. The minimum absolute atomic E-state index is 0.217. The number of hydrogen-bond donors (Lipinski definition) is 2. The first kappa shape index (κ1) is 17.5. The molecular formula is C18H22ClN5O. The lowest BCUT2D eigenvalue weighted by Crippen LogP contribution is -2.20. The summed E-state index contributed by atoms with van der Waals surface area (Å²) in [6.07, 6.45) is 3.25. The first-order chi connectivity index (χ1) is 12.1. The Morgan fingerprint density at radius 3 is 2.64 bits per heavy atom. The standard InChI is InChI=1S/C18H22ClN5O/c1-3-23-13(2)17(12-21-23)18-8-9-24(22-18)15-6-4-14(5-7-15)20-11-16(25)10-19/h4-9,12,16,20,25H,3,10-11H2,1-2H3. The Hall–Kier alpha value is -2.31. The molecule has 2 N–H and O–H groups in total. The maximum absolute atomic E-state index is 9.49. The molecule has 3 aromatic rings. The van der Waals surface area contributed by atoms with Crippen LogP contribution in [0.3, 0.4) is 0 Å². The Morgan fingerprint density at radius 2 is 2.00 bits per heavy atom. The molecule has 1 aromatic carbocycles. The van der Waals surface area contributed by atoms with E-state index in [0.717, 1.165) is 34.9 Å². The van der Waals surface area contributed by atoms with E-state index in [2.05, 4.69) is 29.4 Å². The lowest BCUT2D eigenvalue weighted by Gasteiger charge is -2.10. The van der Waals surface area contributed by atoms with Crippen LogP contribution in [0.25, 0.3) is 16.9 Å². The van der Waals surface area contributed by atoms with E-state index >= 15 is 0 Å². The van der Waals surface area contributed by atoms with E-state index < -0.39 is 6.10 Å². The molecule has 2 aromatic heterocycles. The van der Waals surface area contributed by atoms with Crippen molar-refractivity contribution in [2.75, 3.05) is 17.7 Å². The Labute approximate surface area is 152 Å². The summed E-state index contributed by atoms with van der Waals surface area (Å²) >= 11 is 5.59. The van der Waals surface area contributed by atoms with Gasteiger partial charge in [0.1, 0.15) is 0 Å². The molecule has 0 spiro atoms. The number of nitrogens with zero attached hydrogens (tertiary/aromatic N) is 4. The number of aromatic nitrogens is 4. The molecule has 0 aliphatic rings. The normalized spacial score (nSPS) is 12.3. The number of anilines is 1. The van der Waals surface area contributed by atoms with Gasteiger partial charge in [-0.05, 0) is 44.2 Å². The third-order valence-electron chi connectivity index (χ3n) is 4.12. The number of rotatable bonds is 7. The SMILES string of the molecule is CCn1ncc(-c2ccn(-c3ccc(NCC(O)CCl)cc3)n2)c1C. The summed E-state index contributed by atoms with van der Waals surface area (Å²) in [6.45, 7) is 5.40. The molecule has 132 valence electrons. The van der Waals surface area contributed by atoms with E-state index in [9.17, 15) is 5.11 Å². The number of benzene rings is 1. The minimum atomic E-state index is -0.553. The second kappa shape index (κ2) is 7.72. The van der Waals surface area contributed by atoms with Crippen LogP contribution in [-0.2, 0) is 6.54 Å². The zero-order chi connectivity index (χ0) is 17.8. The van der Waals surface area contributed by atoms with Crippen LogP contribution in [0, 0.1) is 6.92 Å². The summed E-state index contributed by atoms with van der Waals surface area (Å²) in [5.74, 6) is 0.217. The van der Waals surface area contributed by atoms with Crippen molar-refractivity contribution < 1.29 is 5.11 Å². The molecule has 25 heavy (non-hydrogen) atoms. The summed E-state index contributed by atoms with van der Waals surface area (Å²) in [6, 6.07) is 9.87. The average molecular weight is 360 g/mol. The number of nitrogens with one attached hydrogen (secondary N) is 1. The van der Waals surface area contributed by atoms with Crippen LogP contribution in [0.1, 0.15) is 12.6 Å². The number of aryl methyl sites for hydroxylation is 1. The highest BCUT2D eigenvalue weighted by Crippen LogP contribution is 2.22. The van der Waals surface area contributed by atoms with Gasteiger partial charge in [-0.25, -0.2) is 4.68 Å². The van der Waals surface area contributed by atoms with E-state index in [-0.39, 0.29) is 5.88 Å². The van der Waals surface area contributed by atoms with Crippen molar-refractivity contribution in [1.29, 1.82) is 0 Å². The Kier molecular flexibility index (Phi) is 5.40. The average Bonchev–Trinajstić information content (AvgIpc) is 3.26. The zero-order valence-corrected chi connectivity index (χ0v) is 15.1. The molecule has 0 aliphatic heterocycles. The molecule has 0 saturated carbocycles. The minimum Gasteiger partial charge on any atom is -0.390 e. The van der Waals surface area contributed by atoms with Gasteiger partial charge in [-0.3, -0.25) is 4.68 Å². The predicted octanol–water partition coefficient (Wildman–Crippen LogP) is 3.08. The van der Waals surface area contributed by atoms with E-state index in [1.165, 1.54) is 0 Å². The van der Waals surface area contributed by atoms with Crippen LogP contribution < -0.4 is 5.32 Å². The number of aliphatic hydroxyl groups is 1. The van der Waals surface area contributed by atoms with Gasteiger partial charge < -0.3 is 10.4 Å². The van der Waals surface area contributed by atoms with E-state index in [4.69, 9.17) is 11.6 Å². The number of hydrogen-bond acceptors (Lipinski definition) is 4. The van der Waals surface area contributed by atoms with Gasteiger partial charge in [0.15, 0.2) is 0 Å². The fourth-order valence-corrected chi connectivity index (χ4v) is 2.76. The summed E-state index contributed by atoms with van der Waals surface area (Å²) in [4.78, 5) is 0. The van der Waals surface area contributed by atoms with Gasteiger partial charge in [-0.2, -0.15) is 10.2 Å². The number of halogens is 1. The fraction of sp³-hybridized carbons (Fsp3) is 0.333. The van der Waals surface area contributed by atoms with Crippen LogP contribution in [0.15, 0.2) is 42.7 Å². The molecule has 1 unspecified atom stereocenters. The molecule has 0 amide bonds. The predicted molar refractivity (Wildman–Crippen MR) is 100 cm³/mol. The van der Waals surface area contributed by atoms with Crippen molar-refractivity contribution in [3.8, 4) is 16.9 Å². The number of alkyl halides is 1. The summed E-state index contributed by atoms with van der Waals surface area (Å²) in [7, 11) is 0. The van der Waals surface area contributed by atoms with E-state index in [1.54, 1.807) is 0 Å². The molecular weight excluding hydrogens is 338 g/mol. The quantitative estimate of drug-likeness (QED) is 0.636. The maximum atomic E-state index is 9.49. The fourth-order valence-electron chi connectivity index (χ4n) is 2.65. The first-order valence-corrected chi connectivity index (χ1v) is 8.82. The monoisotopic (exact) mass is 359 g/mol. The molecule has 0 aliphatic carbocycles. The van der Waals surface area contributed by atoms with Crippen LogP contribution in [0.2, 0.25) is 0 Å². The Bertz CT molecular complexity index is 824. The highest BCUT2D eigenvalue weighted by atomic mass is 35.5. The van der Waals surface area contributed by atoms with Crippen molar-refractivity contribution in [2.24, 2.45) is 0 Å². The third kappa shape index (κ3) is 3.86. The van der Waals surface area contributed by atoms with Gasteiger partial charge in [0, 0.05) is 36.2 Å². The van der Waals surface area contributed by atoms with Crippen molar-refractivity contribution >= 4 is 17.3 Å². The smallest absolute Gasteiger partial charge is 0.0961 e. The van der Waals surface area contributed by atoms with Gasteiger partial charge in [-0.15, -0.1) is 11.6 Å². The maximum Gasteiger partial charge on any atom is 0.0961 e. The summed E-state index contributed by atoms with van der Waals surface area (Å²) in [5, 5.41) is 21.7. The molecule has 3 rings (SSSR count). The third-order valence-corrected chi connectivity index (χ3v) is 4.48. The second-order valence-electron chi connectivity index (χ2n) is 5.84. The van der Waals surface area contributed by atoms with Crippen molar-refractivity contribution in [2.45, 2.75) is 26.5 Å². The molecule has 1 atom stereocenters. The highest BCUT2D eigenvalue weighted by Gasteiger charge is 2.11. The van der Waals surface area contributed by atoms with Crippen molar-refractivity contribution in [3.05, 3.63) is 48.4 Å². The molecule has 0 bridgehead atoms. The summed E-state index contributed by atoms with van der Waals surface area (Å²) < 4.78 is 3.81. The molecule has 0 radical (unpaired) electrons. The van der Waals surface area contributed by atoms with E-state index in [1.807, 2.05) is 52.1 Å². The van der Waals surface area contributed by atoms with Gasteiger partial charge >= 0.3 is 0 Å². The molecule has 6 nitrogen and oxygen atoms in total. The van der Waals surface area contributed by atoms with Crippen molar-refractivity contribution in [3.63, 3.8) is 0 Å². The zero-order valence-electron chi connectivity index (χ0n) is 14.4. The highest BCUT2D eigenvalue weighted by molar-refractivity contribution is 6.18. The van der Waals surface area contributed by atoms with Crippen molar-refractivity contribution in [1.82, 2.24) is 19.6 Å². The van der Waals surface area contributed by atoms with Gasteiger partial charge in [0.05, 0.1) is 29.6 Å². The largest absolute Gasteiger partial charge is 0.390 e. The Balaban J connectivity index is 1.74.